The SMILES string of the molecule is CCC1CCCN(CCNC)CC1. The third-order valence-electron chi connectivity index (χ3n) is 3.20. The van der Waals surface area contributed by atoms with Gasteiger partial charge < -0.3 is 10.2 Å². The van der Waals surface area contributed by atoms with E-state index >= 15 is 0 Å². The van der Waals surface area contributed by atoms with Crippen LogP contribution < -0.4 is 5.32 Å². The lowest BCUT2D eigenvalue weighted by Gasteiger charge is -2.19. The normalized spacial score (nSPS) is 25.8. The van der Waals surface area contributed by atoms with Crippen LogP contribution in [0, 0.1) is 5.92 Å². The van der Waals surface area contributed by atoms with Gasteiger partial charge in [0.2, 0.25) is 0 Å². The molecule has 0 aromatic carbocycles. The van der Waals surface area contributed by atoms with Crippen molar-refractivity contribution < 1.29 is 0 Å². The number of likely N-dealkylation sites (N-methyl/N-ethyl adjacent to an activating group) is 1. The van der Waals surface area contributed by atoms with Crippen molar-refractivity contribution in [2.45, 2.75) is 32.6 Å². The summed E-state index contributed by atoms with van der Waals surface area (Å²) >= 11 is 0. The number of likely N-dealkylation sites (tertiary alicyclic amines) is 1. The van der Waals surface area contributed by atoms with Gasteiger partial charge in [-0.2, -0.15) is 0 Å². The van der Waals surface area contributed by atoms with E-state index < -0.39 is 0 Å². The summed E-state index contributed by atoms with van der Waals surface area (Å²) in [5.41, 5.74) is 0. The Kier molecular flexibility index (Phi) is 5.40. The van der Waals surface area contributed by atoms with Crippen LogP contribution in [0.2, 0.25) is 0 Å². The maximum absolute atomic E-state index is 3.22. The van der Waals surface area contributed by atoms with Crippen molar-refractivity contribution in [1.29, 1.82) is 0 Å². The smallest absolute Gasteiger partial charge is 0.0107 e. The first-order chi connectivity index (χ1) is 6.36. The number of hydrogen-bond donors (Lipinski definition) is 1. The largest absolute Gasteiger partial charge is 0.318 e. The molecule has 0 aliphatic carbocycles. The van der Waals surface area contributed by atoms with Gasteiger partial charge in [0.05, 0.1) is 0 Å². The zero-order valence-electron chi connectivity index (χ0n) is 9.18. The van der Waals surface area contributed by atoms with E-state index in [-0.39, 0.29) is 0 Å². The monoisotopic (exact) mass is 184 g/mol. The summed E-state index contributed by atoms with van der Waals surface area (Å²) in [4.78, 5) is 2.60. The average Bonchev–Trinajstić information content (AvgIpc) is 2.39. The molecule has 1 aliphatic rings. The van der Waals surface area contributed by atoms with Gasteiger partial charge in [-0.1, -0.05) is 13.3 Å². The van der Waals surface area contributed by atoms with Crippen molar-refractivity contribution in [3.8, 4) is 0 Å². The van der Waals surface area contributed by atoms with Gasteiger partial charge in [-0.3, -0.25) is 0 Å². The second-order valence-corrected chi connectivity index (χ2v) is 4.15. The summed E-state index contributed by atoms with van der Waals surface area (Å²) in [5.74, 6) is 1.000. The van der Waals surface area contributed by atoms with Crippen LogP contribution in [0.5, 0.6) is 0 Å². The third kappa shape index (κ3) is 4.10. The minimum Gasteiger partial charge on any atom is -0.318 e. The fourth-order valence-electron chi connectivity index (χ4n) is 2.13. The summed E-state index contributed by atoms with van der Waals surface area (Å²) in [6.45, 7) is 7.33. The molecule has 1 N–H and O–H groups in total. The summed E-state index contributed by atoms with van der Waals surface area (Å²) in [5, 5.41) is 3.22. The lowest BCUT2D eigenvalue weighted by molar-refractivity contribution is 0.282. The second kappa shape index (κ2) is 6.39. The van der Waals surface area contributed by atoms with E-state index in [1.807, 2.05) is 7.05 Å². The lowest BCUT2D eigenvalue weighted by Crippen LogP contribution is -2.31. The van der Waals surface area contributed by atoms with Crippen molar-refractivity contribution in [3.63, 3.8) is 0 Å². The molecule has 0 radical (unpaired) electrons. The molecule has 1 unspecified atom stereocenters. The van der Waals surface area contributed by atoms with Crippen LogP contribution >= 0.6 is 0 Å². The predicted molar refractivity (Wildman–Crippen MR) is 58.0 cm³/mol. The minimum atomic E-state index is 1.000. The highest BCUT2D eigenvalue weighted by atomic mass is 15.1. The molecule has 0 aromatic heterocycles. The Balaban J connectivity index is 2.19. The number of nitrogens with one attached hydrogen (secondary N) is 1. The molecule has 1 saturated heterocycles. The summed E-state index contributed by atoms with van der Waals surface area (Å²) in [6.07, 6.45) is 5.65. The van der Waals surface area contributed by atoms with Crippen LogP contribution in [0.4, 0.5) is 0 Å². The van der Waals surface area contributed by atoms with Gasteiger partial charge in [0, 0.05) is 13.1 Å². The molecule has 1 heterocycles. The Morgan fingerprint density at radius 1 is 1.31 bits per heavy atom. The molecule has 2 heteroatoms. The summed E-state index contributed by atoms with van der Waals surface area (Å²) in [7, 11) is 2.03. The van der Waals surface area contributed by atoms with Crippen LogP contribution in [-0.2, 0) is 0 Å². The Labute approximate surface area is 82.7 Å². The lowest BCUT2D eigenvalue weighted by atomic mass is 9.98. The van der Waals surface area contributed by atoms with Crippen LogP contribution in [0.25, 0.3) is 0 Å². The predicted octanol–water partition coefficient (Wildman–Crippen LogP) is 1.72. The molecule has 1 aliphatic heterocycles. The Morgan fingerprint density at radius 2 is 2.15 bits per heavy atom. The Hall–Kier alpha value is -0.0800. The van der Waals surface area contributed by atoms with Gasteiger partial charge in [0.25, 0.3) is 0 Å². The van der Waals surface area contributed by atoms with E-state index in [1.165, 1.54) is 45.3 Å². The third-order valence-corrected chi connectivity index (χ3v) is 3.20. The molecular weight excluding hydrogens is 160 g/mol. The van der Waals surface area contributed by atoms with Gasteiger partial charge in [-0.25, -0.2) is 0 Å². The van der Waals surface area contributed by atoms with E-state index in [4.69, 9.17) is 0 Å². The molecule has 1 rings (SSSR count). The Bertz CT molecular complexity index is 125. The van der Waals surface area contributed by atoms with Gasteiger partial charge in [0.1, 0.15) is 0 Å². The standard InChI is InChI=1S/C11H24N2/c1-3-11-5-4-8-13(9-6-11)10-7-12-2/h11-12H,3-10H2,1-2H3. The van der Waals surface area contributed by atoms with E-state index in [0.29, 0.717) is 0 Å². The van der Waals surface area contributed by atoms with Crippen molar-refractivity contribution in [2.75, 3.05) is 33.2 Å². The maximum Gasteiger partial charge on any atom is 0.0107 e. The summed E-state index contributed by atoms with van der Waals surface area (Å²) < 4.78 is 0. The molecule has 13 heavy (non-hydrogen) atoms. The topological polar surface area (TPSA) is 15.3 Å². The molecule has 2 nitrogen and oxygen atoms in total. The molecular formula is C11H24N2. The quantitative estimate of drug-likeness (QED) is 0.715. The zero-order chi connectivity index (χ0) is 9.52. The van der Waals surface area contributed by atoms with E-state index in [9.17, 15) is 0 Å². The molecule has 0 saturated carbocycles. The first kappa shape index (κ1) is 11.0. The van der Waals surface area contributed by atoms with Gasteiger partial charge >= 0.3 is 0 Å². The van der Waals surface area contributed by atoms with E-state index in [1.54, 1.807) is 0 Å². The molecule has 78 valence electrons. The van der Waals surface area contributed by atoms with Gasteiger partial charge in [-0.15, -0.1) is 0 Å². The highest BCUT2D eigenvalue weighted by Crippen LogP contribution is 2.19. The highest BCUT2D eigenvalue weighted by molar-refractivity contribution is 4.69. The Morgan fingerprint density at radius 3 is 2.85 bits per heavy atom. The fraction of sp³-hybridized carbons (Fsp3) is 1.00. The fourth-order valence-corrected chi connectivity index (χ4v) is 2.13. The average molecular weight is 184 g/mol. The molecule has 1 fully saturated rings. The summed E-state index contributed by atoms with van der Waals surface area (Å²) in [6, 6.07) is 0. The molecule has 0 aromatic rings. The highest BCUT2D eigenvalue weighted by Gasteiger charge is 2.14. The molecule has 0 bridgehead atoms. The number of rotatable bonds is 4. The van der Waals surface area contributed by atoms with Gasteiger partial charge in [0.15, 0.2) is 0 Å². The second-order valence-electron chi connectivity index (χ2n) is 4.15. The molecule has 0 amide bonds. The molecule has 0 spiro atoms. The number of hydrogen-bond acceptors (Lipinski definition) is 2. The van der Waals surface area contributed by atoms with Crippen molar-refractivity contribution in [3.05, 3.63) is 0 Å². The number of nitrogens with zero attached hydrogens (tertiary/aromatic N) is 1. The van der Waals surface area contributed by atoms with Crippen LogP contribution in [-0.4, -0.2) is 38.1 Å². The van der Waals surface area contributed by atoms with Crippen LogP contribution in [0.15, 0.2) is 0 Å². The van der Waals surface area contributed by atoms with Crippen molar-refractivity contribution >= 4 is 0 Å². The van der Waals surface area contributed by atoms with Crippen molar-refractivity contribution in [2.24, 2.45) is 5.92 Å². The van der Waals surface area contributed by atoms with Crippen LogP contribution in [0.1, 0.15) is 32.6 Å². The minimum absolute atomic E-state index is 1.000. The molecule has 1 atom stereocenters. The first-order valence-corrected chi connectivity index (χ1v) is 5.73. The zero-order valence-corrected chi connectivity index (χ0v) is 9.18. The van der Waals surface area contributed by atoms with Gasteiger partial charge in [-0.05, 0) is 45.3 Å². The van der Waals surface area contributed by atoms with Crippen LogP contribution in [0.3, 0.4) is 0 Å². The first-order valence-electron chi connectivity index (χ1n) is 5.73. The van der Waals surface area contributed by atoms with E-state index in [0.717, 1.165) is 12.5 Å². The maximum atomic E-state index is 3.22. The van der Waals surface area contributed by atoms with Crippen molar-refractivity contribution in [1.82, 2.24) is 10.2 Å². The van der Waals surface area contributed by atoms with E-state index in [2.05, 4.69) is 17.1 Å².